The van der Waals surface area contributed by atoms with Gasteiger partial charge in [-0.2, -0.15) is 0 Å². The number of carbonyl (C=O) groups excluding carboxylic acids is 2. The second kappa shape index (κ2) is 8.78. The molecule has 6 heteroatoms. The first kappa shape index (κ1) is 19.7. The van der Waals surface area contributed by atoms with Crippen molar-refractivity contribution in [3.05, 3.63) is 59.2 Å². The van der Waals surface area contributed by atoms with Gasteiger partial charge in [-0.3, -0.25) is 9.59 Å². The molecule has 2 aromatic carbocycles. The number of para-hydroxylation sites is 1. The van der Waals surface area contributed by atoms with Crippen molar-refractivity contribution in [2.45, 2.75) is 32.7 Å². The van der Waals surface area contributed by atoms with E-state index in [9.17, 15) is 14.7 Å². The second-order valence-electron chi connectivity index (χ2n) is 7.18. The van der Waals surface area contributed by atoms with Gasteiger partial charge in [0.2, 0.25) is 0 Å². The summed E-state index contributed by atoms with van der Waals surface area (Å²) in [4.78, 5) is 26.5. The highest BCUT2D eigenvalue weighted by Crippen LogP contribution is 2.18. The SMILES string of the molecule is Cc1ccc(OCC(=O)N2CCC(NC(=O)c3ccccc3O)CC2)cc1C. The first-order valence-electron chi connectivity index (χ1n) is 9.50. The number of ether oxygens (including phenoxy) is 1. The van der Waals surface area contributed by atoms with Crippen molar-refractivity contribution >= 4 is 11.8 Å². The van der Waals surface area contributed by atoms with Crippen LogP contribution in [0.4, 0.5) is 0 Å². The molecule has 0 atom stereocenters. The summed E-state index contributed by atoms with van der Waals surface area (Å²) in [5.41, 5.74) is 2.58. The Morgan fingerprint density at radius 2 is 1.82 bits per heavy atom. The fraction of sp³-hybridized carbons (Fsp3) is 0.364. The lowest BCUT2D eigenvalue weighted by atomic mass is 10.0. The summed E-state index contributed by atoms with van der Waals surface area (Å²) in [6.07, 6.45) is 1.35. The maximum absolute atomic E-state index is 12.4. The first-order chi connectivity index (χ1) is 13.4. The van der Waals surface area contributed by atoms with Gasteiger partial charge in [-0.15, -0.1) is 0 Å². The van der Waals surface area contributed by atoms with E-state index in [-0.39, 0.29) is 35.8 Å². The maximum Gasteiger partial charge on any atom is 0.260 e. The summed E-state index contributed by atoms with van der Waals surface area (Å²) < 4.78 is 5.63. The molecule has 6 nitrogen and oxygen atoms in total. The standard InChI is InChI=1S/C22H26N2O4/c1-15-7-8-18(13-16(15)2)28-14-21(26)24-11-9-17(10-12-24)23-22(27)19-5-3-4-6-20(19)25/h3-8,13,17,25H,9-12,14H2,1-2H3,(H,23,27). The van der Waals surface area contributed by atoms with Crippen molar-refractivity contribution in [3.63, 3.8) is 0 Å². The molecule has 0 bridgehead atoms. The maximum atomic E-state index is 12.4. The predicted octanol–water partition coefficient (Wildman–Crippen LogP) is 2.81. The number of hydrogen-bond donors (Lipinski definition) is 2. The minimum Gasteiger partial charge on any atom is -0.507 e. The molecule has 0 saturated carbocycles. The van der Waals surface area contributed by atoms with Crippen molar-refractivity contribution in [2.24, 2.45) is 0 Å². The van der Waals surface area contributed by atoms with Crippen LogP contribution in [0.2, 0.25) is 0 Å². The quantitative estimate of drug-likeness (QED) is 0.834. The Morgan fingerprint density at radius 3 is 2.50 bits per heavy atom. The number of piperidine rings is 1. The van der Waals surface area contributed by atoms with Crippen LogP contribution >= 0.6 is 0 Å². The Labute approximate surface area is 165 Å². The number of nitrogens with one attached hydrogen (secondary N) is 1. The molecule has 1 heterocycles. The molecular formula is C22H26N2O4. The van der Waals surface area contributed by atoms with E-state index < -0.39 is 0 Å². The number of hydrogen-bond acceptors (Lipinski definition) is 4. The lowest BCUT2D eigenvalue weighted by molar-refractivity contribution is -0.134. The molecule has 1 saturated heterocycles. The third-order valence-corrected chi connectivity index (χ3v) is 5.17. The van der Waals surface area contributed by atoms with E-state index >= 15 is 0 Å². The van der Waals surface area contributed by atoms with Gasteiger partial charge in [0.1, 0.15) is 11.5 Å². The number of aromatic hydroxyl groups is 1. The molecule has 0 aromatic heterocycles. The van der Waals surface area contributed by atoms with Gasteiger partial charge in [-0.1, -0.05) is 18.2 Å². The van der Waals surface area contributed by atoms with Crippen molar-refractivity contribution in [1.82, 2.24) is 10.2 Å². The van der Waals surface area contributed by atoms with Crippen LogP contribution in [0.15, 0.2) is 42.5 Å². The van der Waals surface area contributed by atoms with Crippen molar-refractivity contribution < 1.29 is 19.4 Å². The Hall–Kier alpha value is -3.02. The smallest absolute Gasteiger partial charge is 0.260 e. The molecule has 1 aliphatic heterocycles. The van der Waals surface area contributed by atoms with Crippen LogP contribution in [0.5, 0.6) is 11.5 Å². The topological polar surface area (TPSA) is 78.9 Å². The largest absolute Gasteiger partial charge is 0.507 e. The molecule has 28 heavy (non-hydrogen) atoms. The molecule has 148 valence electrons. The first-order valence-corrected chi connectivity index (χ1v) is 9.50. The number of phenols is 1. The predicted molar refractivity (Wildman–Crippen MR) is 107 cm³/mol. The van der Waals surface area contributed by atoms with Gasteiger partial charge in [0.15, 0.2) is 6.61 Å². The summed E-state index contributed by atoms with van der Waals surface area (Å²) in [5.74, 6) is 0.321. The molecule has 2 aromatic rings. The van der Waals surface area contributed by atoms with Crippen LogP contribution in [0, 0.1) is 13.8 Å². The monoisotopic (exact) mass is 382 g/mol. The zero-order valence-corrected chi connectivity index (χ0v) is 16.3. The average molecular weight is 382 g/mol. The van der Waals surface area contributed by atoms with E-state index in [1.54, 1.807) is 23.1 Å². The van der Waals surface area contributed by atoms with Gasteiger partial charge in [-0.25, -0.2) is 0 Å². The number of amides is 2. The summed E-state index contributed by atoms with van der Waals surface area (Å²) in [5, 5.41) is 12.7. The third kappa shape index (κ3) is 4.82. The van der Waals surface area contributed by atoms with Crippen molar-refractivity contribution in [1.29, 1.82) is 0 Å². The third-order valence-electron chi connectivity index (χ3n) is 5.17. The van der Waals surface area contributed by atoms with Crippen molar-refractivity contribution in [2.75, 3.05) is 19.7 Å². The molecule has 1 aliphatic rings. The number of rotatable bonds is 5. The van der Waals surface area contributed by atoms with Crippen LogP contribution in [0.3, 0.4) is 0 Å². The highest BCUT2D eigenvalue weighted by molar-refractivity contribution is 5.96. The summed E-state index contributed by atoms with van der Waals surface area (Å²) >= 11 is 0. The van der Waals surface area contributed by atoms with Crippen LogP contribution in [0.1, 0.15) is 34.3 Å². The van der Waals surface area contributed by atoms with E-state index in [0.717, 1.165) is 5.56 Å². The molecule has 2 N–H and O–H groups in total. The Balaban J connectivity index is 1.45. The fourth-order valence-corrected chi connectivity index (χ4v) is 3.24. The minimum absolute atomic E-state index is 0.0113. The van der Waals surface area contributed by atoms with E-state index in [0.29, 0.717) is 31.7 Å². The average Bonchev–Trinajstić information content (AvgIpc) is 2.69. The van der Waals surface area contributed by atoms with Gasteiger partial charge in [0.05, 0.1) is 5.56 Å². The Bertz CT molecular complexity index is 857. The fourth-order valence-electron chi connectivity index (χ4n) is 3.24. The van der Waals surface area contributed by atoms with Gasteiger partial charge < -0.3 is 20.1 Å². The summed E-state index contributed by atoms with van der Waals surface area (Å²) in [6, 6.07) is 12.2. The van der Waals surface area contributed by atoms with Gasteiger partial charge in [-0.05, 0) is 62.1 Å². The molecule has 1 fully saturated rings. The number of phenolic OH excluding ortho intramolecular Hbond substituents is 1. The van der Waals surface area contributed by atoms with Crippen LogP contribution in [-0.4, -0.2) is 47.6 Å². The molecule has 0 spiro atoms. The second-order valence-corrected chi connectivity index (χ2v) is 7.18. The van der Waals surface area contributed by atoms with E-state index in [2.05, 4.69) is 5.32 Å². The Kier molecular flexibility index (Phi) is 6.19. The van der Waals surface area contributed by atoms with Crippen molar-refractivity contribution in [3.8, 4) is 11.5 Å². The molecule has 0 unspecified atom stereocenters. The lowest BCUT2D eigenvalue weighted by Crippen LogP contribution is -2.47. The number of likely N-dealkylation sites (tertiary alicyclic amines) is 1. The number of carbonyl (C=O) groups is 2. The Morgan fingerprint density at radius 1 is 1.11 bits per heavy atom. The minimum atomic E-state index is -0.291. The molecule has 3 rings (SSSR count). The normalized spacial score (nSPS) is 14.6. The van der Waals surface area contributed by atoms with Crippen LogP contribution in [0.25, 0.3) is 0 Å². The summed E-state index contributed by atoms with van der Waals surface area (Å²) in [7, 11) is 0. The molecule has 2 amide bonds. The summed E-state index contributed by atoms with van der Waals surface area (Å²) in [6.45, 7) is 5.20. The molecule has 0 aliphatic carbocycles. The van der Waals surface area contributed by atoms with Gasteiger partial charge in [0.25, 0.3) is 11.8 Å². The van der Waals surface area contributed by atoms with Gasteiger partial charge >= 0.3 is 0 Å². The van der Waals surface area contributed by atoms with E-state index in [1.165, 1.54) is 11.6 Å². The van der Waals surface area contributed by atoms with Crippen LogP contribution in [-0.2, 0) is 4.79 Å². The van der Waals surface area contributed by atoms with Gasteiger partial charge in [0, 0.05) is 19.1 Å². The molecular weight excluding hydrogens is 356 g/mol. The highest BCUT2D eigenvalue weighted by Gasteiger charge is 2.25. The number of nitrogens with zero attached hydrogens (tertiary/aromatic N) is 1. The number of aryl methyl sites for hydroxylation is 2. The molecule has 0 radical (unpaired) electrons. The highest BCUT2D eigenvalue weighted by atomic mass is 16.5. The number of benzene rings is 2. The van der Waals surface area contributed by atoms with E-state index in [4.69, 9.17) is 4.74 Å². The zero-order valence-electron chi connectivity index (χ0n) is 16.3. The van der Waals surface area contributed by atoms with E-state index in [1.807, 2.05) is 32.0 Å². The lowest BCUT2D eigenvalue weighted by Gasteiger charge is -2.32. The van der Waals surface area contributed by atoms with Crippen LogP contribution < -0.4 is 10.1 Å². The zero-order chi connectivity index (χ0) is 20.1.